The number of nitrogens with zero attached hydrogens (tertiary/aromatic N) is 3. The quantitative estimate of drug-likeness (QED) is 0.590. The Morgan fingerprint density at radius 3 is 2.47 bits per heavy atom. The zero-order valence-corrected chi connectivity index (χ0v) is 19.0. The third-order valence-electron chi connectivity index (χ3n) is 6.84. The second kappa shape index (κ2) is 7.72. The van der Waals surface area contributed by atoms with E-state index in [1.165, 1.54) is 11.1 Å². The third-order valence-corrected chi connectivity index (χ3v) is 7.11. The van der Waals surface area contributed by atoms with Crippen molar-refractivity contribution in [1.82, 2.24) is 15.3 Å². The Bertz CT molecular complexity index is 1330. The molecule has 1 N–H and O–H groups in total. The number of hydrogen-bond acceptors (Lipinski definition) is 4. The summed E-state index contributed by atoms with van der Waals surface area (Å²) in [4.78, 5) is 28.8. The fourth-order valence-electron chi connectivity index (χ4n) is 5.43. The van der Waals surface area contributed by atoms with Crippen LogP contribution in [0.15, 0.2) is 78.9 Å². The smallest absolute Gasteiger partial charge is 0.259 e. The molecule has 3 aromatic carbocycles. The number of halogens is 1. The molecule has 0 bridgehead atoms. The van der Waals surface area contributed by atoms with Crippen LogP contribution in [0.4, 0.5) is 10.1 Å². The summed E-state index contributed by atoms with van der Waals surface area (Å²) in [5, 5.41) is 6.51. The number of anilines is 1. The molecule has 170 valence electrons. The van der Waals surface area contributed by atoms with Crippen molar-refractivity contribution >= 4 is 34.8 Å². The summed E-state index contributed by atoms with van der Waals surface area (Å²) in [5.41, 5.74) is 1.38. The van der Waals surface area contributed by atoms with Gasteiger partial charge in [-0.25, -0.2) is 14.4 Å². The minimum absolute atomic E-state index is 0.153. The van der Waals surface area contributed by atoms with Gasteiger partial charge in [0, 0.05) is 24.1 Å². The van der Waals surface area contributed by atoms with E-state index in [1.54, 1.807) is 28.1 Å². The van der Waals surface area contributed by atoms with Gasteiger partial charge < -0.3 is 10.2 Å². The van der Waals surface area contributed by atoms with Crippen molar-refractivity contribution < 1.29 is 14.0 Å². The van der Waals surface area contributed by atoms with E-state index in [1.807, 2.05) is 54.6 Å². The normalized spacial score (nSPS) is 23.9. The number of para-hydroxylation sites is 1. The van der Waals surface area contributed by atoms with Crippen LogP contribution in [0.5, 0.6) is 0 Å². The highest BCUT2D eigenvalue weighted by molar-refractivity contribution is 7.80. The molecule has 3 heterocycles. The zero-order chi connectivity index (χ0) is 23.4. The average molecular weight is 473 g/mol. The SMILES string of the molecule is O=C1CCN2[C@@H](c3ccccc3F)[C@@]3(NC(=S)N12)C(=O)N(Cc1ccccc1)c1ccccc13. The molecular weight excluding hydrogens is 451 g/mol. The van der Waals surface area contributed by atoms with Crippen LogP contribution in [0.25, 0.3) is 0 Å². The number of carbonyl (C=O) groups excluding carboxylic acids is 2. The molecule has 2 fully saturated rings. The fraction of sp³-hybridized carbons (Fsp3) is 0.192. The van der Waals surface area contributed by atoms with Gasteiger partial charge in [-0.2, -0.15) is 0 Å². The maximum Gasteiger partial charge on any atom is 0.259 e. The lowest BCUT2D eigenvalue weighted by Crippen LogP contribution is -2.70. The molecule has 0 unspecified atom stereocenters. The number of hydrazine groups is 1. The second-order valence-electron chi connectivity index (χ2n) is 8.67. The second-order valence-corrected chi connectivity index (χ2v) is 9.06. The molecule has 6 nitrogen and oxygen atoms in total. The van der Waals surface area contributed by atoms with Gasteiger partial charge in [0.15, 0.2) is 10.7 Å². The van der Waals surface area contributed by atoms with Crippen LogP contribution >= 0.6 is 12.2 Å². The minimum atomic E-state index is -1.38. The standard InChI is InChI=1S/C26H21FN4O2S/c27-20-12-6-4-10-18(20)23-26(28-25(34)31-22(32)14-15-30(23)31)19-11-5-7-13-21(19)29(24(26)33)16-17-8-2-1-3-9-17/h1-13,23H,14-16H2,(H,28,34)/t23-,26+/m0/s1. The first-order valence-electron chi connectivity index (χ1n) is 11.1. The first-order chi connectivity index (χ1) is 16.5. The third kappa shape index (κ3) is 2.85. The molecule has 2 atom stereocenters. The van der Waals surface area contributed by atoms with Crippen molar-refractivity contribution in [1.29, 1.82) is 0 Å². The zero-order valence-electron chi connectivity index (χ0n) is 18.1. The van der Waals surface area contributed by atoms with Crippen molar-refractivity contribution in [3.8, 4) is 0 Å². The summed E-state index contributed by atoms with van der Waals surface area (Å²) in [6.45, 7) is 0.703. The number of fused-ring (bicyclic) bond motifs is 3. The average Bonchev–Trinajstić information content (AvgIpc) is 3.34. The van der Waals surface area contributed by atoms with Gasteiger partial charge in [0.2, 0.25) is 5.91 Å². The van der Waals surface area contributed by atoms with Crippen LogP contribution in [-0.4, -0.2) is 33.5 Å². The fourth-order valence-corrected chi connectivity index (χ4v) is 5.79. The lowest BCUT2D eigenvalue weighted by atomic mass is 9.78. The first kappa shape index (κ1) is 20.9. The molecule has 0 aliphatic carbocycles. The maximum absolute atomic E-state index is 15.3. The number of hydrogen-bond donors (Lipinski definition) is 1. The van der Waals surface area contributed by atoms with Crippen LogP contribution in [0.3, 0.4) is 0 Å². The Morgan fingerprint density at radius 2 is 1.68 bits per heavy atom. The van der Waals surface area contributed by atoms with Crippen molar-refractivity contribution in [2.24, 2.45) is 0 Å². The number of carbonyl (C=O) groups is 2. The largest absolute Gasteiger partial charge is 0.341 e. The van der Waals surface area contributed by atoms with Crippen LogP contribution < -0.4 is 10.2 Å². The van der Waals surface area contributed by atoms with Crippen LogP contribution in [0.2, 0.25) is 0 Å². The highest BCUT2D eigenvalue weighted by atomic mass is 32.1. The summed E-state index contributed by atoms with van der Waals surface area (Å²) < 4.78 is 15.3. The van der Waals surface area contributed by atoms with Crippen molar-refractivity contribution in [2.75, 3.05) is 11.4 Å². The molecule has 34 heavy (non-hydrogen) atoms. The van der Waals surface area contributed by atoms with Crippen LogP contribution in [-0.2, 0) is 21.7 Å². The monoisotopic (exact) mass is 472 g/mol. The van der Waals surface area contributed by atoms with Gasteiger partial charge in [0.25, 0.3) is 5.91 Å². The number of nitrogens with one attached hydrogen (secondary N) is 1. The van der Waals surface area contributed by atoms with Gasteiger partial charge in [0.05, 0.1) is 18.3 Å². The summed E-state index contributed by atoms with van der Waals surface area (Å²) >= 11 is 5.60. The Labute approximate surface area is 201 Å². The molecule has 6 rings (SSSR count). The molecule has 8 heteroatoms. The van der Waals surface area contributed by atoms with Crippen molar-refractivity contribution in [3.05, 3.63) is 101 Å². The minimum Gasteiger partial charge on any atom is -0.341 e. The van der Waals surface area contributed by atoms with E-state index in [0.29, 0.717) is 24.2 Å². The topological polar surface area (TPSA) is 55.9 Å². The summed E-state index contributed by atoms with van der Waals surface area (Å²) in [7, 11) is 0. The molecule has 3 aliphatic heterocycles. The Balaban J connectivity index is 1.57. The predicted molar refractivity (Wildman–Crippen MR) is 129 cm³/mol. The maximum atomic E-state index is 15.3. The van der Waals surface area contributed by atoms with Crippen LogP contribution in [0, 0.1) is 5.82 Å². The summed E-state index contributed by atoms with van der Waals surface area (Å²) in [6.07, 6.45) is 0.242. The van der Waals surface area contributed by atoms with E-state index in [2.05, 4.69) is 5.32 Å². The molecule has 0 aromatic heterocycles. The molecular formula is C26H21FN4O2S. The highest BCUT2D eigenvalue weighted by Gasteiger charge is 2.63. The number of benzene rings is 3. The number of amides is 2. The summed E-state index contributed by atoms with van der Waals surface area (Å²) in [6, 6.07) is 22.9. The van der Waals surface area contributed by atoms with Gasteiger partial charge in [-0.1, -0.05) is 66.7 Å². The lowest BCUT2D eigenvalue weighted by molar-refractivity contribution is -0.143. The van der Waals surface area contributed by atoms with Gasteiger partial charge in [-0.3, -0.25) is 9.59 Å². The molecule has 2 amide bonds. The summed E-state index contributed by atoms with van der Waals surface area (Å²) in [5.74, 6) is -0.840. The van der Waals surface area contributed by atoms with E-state index < -0.39 is 17.4 Å². The number of thiocarbonyl (C=S) groups is 1. The van der Waals surface area contributed by atoms with Gasteiger partial charge in [-0.05, 0) is 29.9 Å². The van der Waals surface area contributed by atoms with E-state index in [-0.39, 0.29) is 23.3 Å². The van der Waals surface area contributed by atoms with E-state index in [4.69, 9.17) is 12.2 Å². The Kier molecular flexibility index (Phi) is 4.75. The molecule has 2 saturated heterocycles. The number of rotatable bonds is 3. The van der Waals surface area contributed by atoms with E-state index in [9.17, 15) is 9.59 Å². The van der Waals surface area contributed by atoms with Gasteiger partial charge >= 0.3 is 0 Å². The molecule has 1 spiro atoms. The van der Waals surface area contributed by atoms with Crippen molar-refractivity contribution in [3.63, 3.8) is 0 Å². The first-order valence-corrected chi connectivity index (χ1v) is 11.5. The van der Waals surface area contributed by atoms with E-state index >= 15 is 4.39 Å². The highest BCUT2D eigenvalue weighted by Crippen LogP contribution is 2.53. The Morgan fingerprint density at radius 1 is 0.971 bits per heavy atom. The van der Waals surface area contributed by atoms with Gasteiger partial charge in [-0.15, -0.1) is 0 Å². The predicted octanol–water partition coefficient (Wildman–Crippen LogP) is 3.65. The van der Waals surface area contributed by atoms with E-state index in [0.717, 1.165) is 11.3 Å². The van der Waals surface area contributed by atoms with Gasteiger partial charge in [0.1, 0.15) is 5.82 Å². The molecule has 3 aromatic rings. The van der Waals surface area contributed by atoms with Crippen molar-refractivity contribution in [2.45, 2.75) is 24.5 Å². The molecule has 3 aliphatic rings. The lowest BCUT2D eigenvalue weighted by Gasteiger charge is -2.50. The van der Waals surface area contributed by atoms with Crippen LogP contribution in [0.1, 0.15) is 29.2 Å². The molecule has 0 saturated carbocycles. The Hall–Kier alpha value is -3.62. The molecule has 0 radical (unpaired) electrons.